The van der Waals surface area contributed by atoms with E-state index in [4.69, 9.17) is 10.9 Å². The number of rotatable bonds is 3. The number of amidine groups is 1. The van der Waals surface area contributed by atoms with Gasteiger partial charge in [0.15, 0.2) is 0 Å². The highest BCUT2D eigenvalue weighted by molar-refractivity contribution is 7.10. The Labute approximate surface area is 106 Å². The molecule has 4 nitrogen and oxygen atoms in total. The van der Waals surface area contributed by atoms with Crippen molar-refractivity contribution in [2.45, 2.75) is 26.3 Å². The van der Waals surface area contributed by atoms with Crippen LogP contribution in [0, 0.1) is 5.92 Å². The van der Waals surface area contributed by atoms with Crippen molar-refractivity contribution in [1.82, 2.24) is 4.90 Å². The maximum Gasteiger partial charge on any atom is 0.143 e. The van der Waals surface area contributed by atoms with Gasteiger partial charge in [0.25, 0.3) is 0 Å². The van der Waals surface area contributed by atoms with Gasteiger partial charge in [-0.2, -0.15) is 0 Å². The Bertz CT molecular complexity index is 416. The molecule has 0 bridgehead atoms. The molecule has 0 aliphatic carbocycles. The largest absolute Gasteiger partial charge is 0.409 e. The topological polar surface area (TPSA) is 61.8 Å². The standard InChI is InChI=1S/C12H19N3OS/c1-8(12(13)14-16)7-15-5-3-11-10(9(15)2)4-6-17-11/h4,6,8-9,16H,3,5,7H2,1-2H3,(H2,13,14). The number of thiophene rings is 1. The molecule has 0 amide bonds. The van der Waals surface area contributed by atoms with Crippen molar-refractivity contribution >= 4 is 17.2 Å². The molecule has 5 heteroatoms. The molecule has 0 saturated carbocycles. The summed E-state index contributed by atoms with van der Waals surface area (Å²) >= 11 is 1.85. The highest BCUT2D eigenvalue weighted by Gasteiger charge is 2.26. The summed E-state index contributed by atoms with van der Waals surface area (Å²) in [5.74, 6) is 0.399. The van der Waals surface area contributed by atoms with E-state index in [2.05, 4.69) is 28.4 Å². The zero-order valence-corrected chi connectivity index (χ0v) is 11.1. The predicted octanol–water partition coefficient (Wildman–Crippen LogP) is 2.05. The molecule has 2 unspecified atom stereocenters. The monoisotopic (exact) mass is 253 g/mol. The highest BCUT2D eigenvalue weighted by Crippen LogP contribution is 2.33. The number of fused-ring (bicyclic) bond motifs is 1. The molecule has 94 valence electrons. The van der Waals surface area contributed by atoms with Gasteiger partial charge in [0.2, 0.25) is 0 Å². The van der Waals surface area contributed by atoms with Crippen LogP contribution in [0.3, 0.4) is 0 Å². The smallest absolute Gasteiger partial charge is 0.143 e. The van der Waals surface area contributed by atoms with Crippen LogP contribution in [0.15, 0.2) is 16.6 Å². The molecule has 1 aliphatic heterocycles. The number of oxime groups is 1. The first-order valence-electron chi connectivity index (χ1n) is 5.91. The van der Waals surface area contributed by atoms with Crippen molar-refractivity contribution in [2.24, 2.45) is 16.8 Å². The first-order chi connectivity index (χ1) is 8.13. The molecule has 3 N–H and O–H groups in total. The maximum atomic E-state index is 8.67. The minimum absolute atomic E-state index is 0.0858. The van der Waals surface area contributed by atoms with E-state index in [9.17, 15) is 0 Å². The van der Waals surface area contributed by atoms with E-state index in [-0.39, 0.29) is 5.92 Å². The van der Waals surface area contributed by atoms with E-state index in [1.54, 1.807) is 0 Å². The van der Waals surface area contributed by atoms with Crippen LogP contribution in [-0.2, 0) is 6.42 Å². The van der Waals surface area contributed by atoms with Crippen LogP contribution in [0.5, 0.6) is 0 Å². The first-order valence-corrected chi connectivity index (χ1v) is 6.79. The molecule has 2 rings (SSSR count). The molecule has 2 heterocycles. The summed E-state index contributed by atoms with van der Waals surface area (Å²) in [5.41, 5.74) is 7.07. The lowest BCUT2D eigenvalue weighted by Gasteiger charge is -2.35. The van der Waals surface area contributed by atoms with Crippen molar-refractivity contribution < 1.29 is 5.21 Å². The van der Waals surface area contributed by atoms with Crippen molar-refractivity contribution in [1.29, 1.82) is 0 Å². The number of hydrogen-bond acceptors (Lipinski definition) is 4. The second kappa shape index (κ2) is 5.06. The Hall–Kier alpha value is -1.07. The van der Waals surface area contributed by atoms with E-state index < -0.39 is 0 Å². The van der Waals surface area contributed by atoms with Crippen LogP contribution in [-0.4, -0.2) is 29.0 Å². The Morgan fingerprint density at radius 1 is 1.76 bits per heavy atom. The Balaban J connectivity index is 2.05. The summed E-state index contributed by atoms with van der Waals surface area (Å²) < 4.78 is 0. The van der Waals surface area contributed by atoms with E-state index in [1.807, 2.05) is 18.3 Å². The lowest BCUT2D eigenvalue weighted by molar-refractivity contribution is 0.187. The molecule has 1 aliphatic rings. The molecule has 0 saturated heterocycles. The quantitative estimate of drug-likeness (QED) is 0.375. The van der Waals surface area contributed by atoms with Crippen LogP contribution in [0.2, 0.25) is 0 Å². The van der Waals surface area contributed by atoms with Gasteiger partial charge in [-0.3, -0.25) is 4.90 Å². The summed E-state index contributed by atoms with van der Waals surface area (Å²) in [5, 5.41) is 13.9. The number of nitrogens with two attached hydrogens (primary N) is 1. The normalized spacial score (nSPS) is 23.4. The Kier molecular flexibility index (Phi) is 3.69. The second-order valence-electron chi connectivity index (χ2n) is 4.65. The van der Waals surface area contributed by atoms with Gasteiger partial charge in [0.1, 0.15) is 5.84 Å². The fourth-order valence-corrected chi connectivity index (χ4v) is 3.32. The summed E-state index contributed by atoms with van der Waals surface area (Å²) in [6.07, 6.45) is 1.11. The van der Waals surface area contributed by atoms with Crippen molar-refractivity contribution in [3.8, 4) is 0 Å². The second-order valence-corrected chi connectivity index (χ2v) is 5.65. The van der Waals surface area contributed by atoms with E-state index in [1.165, 1.54) is 10.4 Å². The van der Waals surface area contributed by atoms with Crippen LogP contribution in [0.4, 0.5) is 0 Å². The fourth-order valence-electron chi connectivity index (χ4n) is 2.35. The number of nitrogens with zero attached hydrogens (tertiary/aromatic N) is 2. The molecule has 1 aromatic heterocycles. The maximum absolute atomic E-state index is 8.67. The average molecular weight is 253 g/mol. The summed E-state index contributed by atoms with van der Waals surface area (Å²) in [4.78, 5) is 3.91. The third-order valence-electron chi connectivity index (χ3n) is 3.53. The molecule has 2 atom stereocenters. The van der Waals surface area contributed by atoms with Gasteiger partial charge in [-0.15, -0.1) is 11.3 Å². The van der Waals surface area contributed by atoms with Gasteiger partial charge < -0.3 is 10.9 Å². The van der Waals surface area contributed by atoms with Gasteiger partial charge in [0.05, 0.1) is 0 Å². The van der Waals surface area contributed by atoms with E-state index >= 15 is 0 Å². The summed E-state index contributed by atoms with van der Waals surface area (Å²) in [6, 6.07) is 2.64. The van der Waals surface area contributed by atoms with Crippen molar-refractivity contribution in [2.75, 3.05) is 13.1 Å². The van der Waals surface area contributed by atoms with E-state index in [0.29, 0.717) is 11.9 Å². The van der Waals surface area contributed by atoms with Crippen LogP contribution < -0.4 is 5.73 Å². The van der Waals surface area contributed by atoms with Gasteiger partial charge >= 0.3 is 0 Å². The minimum atomic E-state index is 0.0858. The van der Waals surface area contributed by atoms with Gasteiger partial charge in [-0.05, 0) is 30.4 Å². The van der Waals surface area contributed by atoms with Gasteiger partial charge in [-0.1, -0.05) is 12.1 Å². The number of hydrogen-bond donors (Lipinski definition) is 2. The SMILES string of the molecule is CC(CN1CCc2sccc2C1C)C(N)=NO. The van der Waals surface area contributed by atoms with Crippen LogP contribution in [0.25, 0.3) is 0 Å². The van der Waals surface area contributed by atoms with E-state index in [0.717, 1.165) is 19.5 Å². The Morgan fingerprint density at radius 3 is 3.24 bits per heavy atom. The third-order valence-corrected chi connectivity index (χ3v) is 4.53. The van der Waals surface area contributed by atoms with Crippen molar-refractivity contribution in [3.05, 3.63) is 21.9 Å². The van der Waals surface area contributed by atoms with Gasteiger partial charge in [-0.25, -0.2) is 0 Å². The average Bonchev–Trinajstić information content (AvgIpc) is 2.80. The zero-order chi connectivity index (χ0) is 12.4. The fraction of sp³-hybridized carbons (Fsp3) is 0.583. The lowest BCUT2D eigenvalue weighted by atomic mass is 9.99. The third kappa shape index (κ3) is 2.45. The molecule has 1 aromatic rings. The minimum Gasteiger partial charge on any atom is -0.409 e. The summed E-state index contributed by atoms with van der Waals surface area (Å²) in [7, 11) is 0. The molecule has 0 radical (unpaired) electrons. The van der Waals surface area contributed by atoms with Gasteiger partial charge in [0, 0.05) is 29.9 Å². The zero-order valence-electron chi connectivity index (χ0n) is 10.3. The Morgan fingerprint density at radius 2 is 2.53 bits per heavy atom. The van der Waals surface area contributed by atoms with Crippen molar-refractivity contribution in [3.63, 3.8) is 0 Å². The predicted molar refractivity (Wildman–Crippen MR) is 70.6 cm³/mol. The molecular weight excluding hydrogens is 234 g/mol. The van der Waals surface area contributed by atoms with Crippen LogP contribution >= 0.6 is 11.3 Å². The molecule has 0 aromatic carbocycles. The first kappa shape index (κ1) is 12.4. The molecule has 17 heavy (non-hydrogen) atoms. The molecular formula is C12H19N3OS. The molecule has 0 spiro atoms. The lowest BCUT2D eigenvalue weighted by Crippen LogP contribution is -2.39. The van der Waals surface area contributed by atoms with Crippen LogP contribution in [0.1, 0.15) is 30.3 Å². The summed E-state index contributed by atoms with van der Waals surface area (Å²) in [6.45, 7) is 6.11. The highest BCUT2D eigenvalue weighted by atomic mass is 32.1. The molecule has 0 fully saturated rings.